The minimum absolute atomic E-state index is 0.00793. The molecule has 0 aliphatic carbocycles. The summed E-state index contributed by atoms with van der Waals surface area (Å²) in [7, 11) is 1.65. The molecule has 8 nitrogen and oxygen atoms in total. The number of hydrogen-bond donors (Lipinski definition) is 4. The van der Waals surface area contributed by atoms with E-state index in [0.717, 1.165) is 11.3 Å². The van der Waals surface area contributed by atoms with Gasteiger partial charge in [-0.05, 0) is 36.8 Å². The first-order valence-corrected chi connectivity index (χ1v) is 10.2. The minimum atomic E-state index is -0.258. The minimum Gasteiger partial charge on any atom is -0.507 e. The number of aromatic hydroxyl groups is 1. The number of anilines is 1. The molecule has 2 aliphatic heterocycles. The van der Waals surface area contributed by atoms with E-state index in [1.165, 1.54) is 6.08 Å². The molecule has 8 heteroatoms. The Morgan fingerprint density at radius 3 is 2.87 bits per heavy atom. The van der Waals surface area contributed by atoms with Crippen molar-refractivity contribution in [1.29, 1.82) is 0 Å². The number of benzene rings is 1. The van der Waals surface area contributed by atoms with Gasteiger partial charge in [0.05, 0.1) is 31.4 Å². The molecule has 2 aliphatic rings. The molecule has 4 unspecified atom stereocenters. The van der Waals surface area contributed by atoms with Gasteiger partial charge in [0.25, 0.3) is 0 Å². The van der Waals surface area contributed by atoms with Gasteiger partial charge in [-0.25, -0.2) is 0 Å². The third-order valence-electron chi connectivity index (χ3n) is 6.18. The summed E-state index contributed by atoms with van der Waals surface area (Å²) in [4.78, 5) is 17.6. The maximum Gasteiger partial charge on any atom is 0.246 e. The number of nitrogen functional groups attached to an aromatic ring is 1. The number of carbonyl (C=O) groups excluding carboxylic acids is 1. The Balaban J connectivity index is 1.65. The predicted octanol–water partition coefficient (Wildman–Crippen LogP) is 2.04. The fourth-order valence-electron chi connectivity index (χ4n) is 4.75. The molecule has 3 heterocycles. The molecule has 31 heavy (non-hydrogen) atoms. The van der Waals surface area contributed by atoms with E-state index in [0.29, 0.717) is 36.7 Å². The normalized spacial score (nSPS) is 26.0. The van der Waals surface area contributed by atoms with Crippen molar-refractivity contribution in [1.82, 2.24) is 9.88 Å². The number of nitrogens with one attached hydrogen (secondary N) is 1. The number of nitrogens with zero attached hydrogens (tertiary/aromatic N) is 1. The lowest BCUT2D eigenvalue weighted by Gasteiger charge is -2.51. The Morgan fingerprint density at radius 1 is 1.39 bits per heavy atom. The summed E-state index contributed by atoms with van der Waals surface area (Å²) in [6, 6.07) is 8.58. The van der Waals surface area contributed by atoms with Crippen molar-refractivity contribution in [3.8, 4) is 5.75 Å². The largest absolute Gasteiger partial charge is 0.507 e. The van der Waals surface area contributed by atoms with Crippen molar-refractivity contribution in [3.63, 3.8) is 0 Å². The van der Waals surface area contributed by atoms with Crippen molar-refractivity contribution in [2.24, 2.45) is 5.73 Å². The van der Waals surface area contributed by atoms with Gasteiger partial charge in [0.15, 0.2) is 0 Å². The van der Waals surface area contributed by atoms with Crippen LogP contribution in [0.4, 0.5) is 5.82 Å². The fourth-order valence-corrected chi connectivity index (χ4v) is 4.75. The number of phenolic OH excluding ortho intramolecular Hbond substituents is 1. The molecule has 2 aromatic rings. The van der Waals surface area contributed by atoms with E-state index in [-0.39, 0.29) is 35.8 Å². The Hall–Kier alpha value is -3.23. The molecule has 0 saturated carbocycles. The van der Waals surface area contributed by atoms with Crippen molar-refractivity contribution >= 4 is 23.5 Å². The van der Waals surface area contributed by atoms with Crippen LogP contribution in [0.2, 0.25) is 0 Å². The highest BCUT2D eigenvalue weighted by molar-refractivity contribution is 5.88. The number of aromatic amines is 1. The van der Waals surface area contributed by atoms with Crippen LogP contribution in [0.15, 0.2) is 43.0 Å². The van der Waals surface area contributed by atoms with E-state index >= 15 is 0 Å². The number of H-pyrrole nitrogens is 1. The summed E-state index contributed by atoms with van der Waals surface area (Å²) in [5.41, 5.74) is 15.1. The van der Waals surface area contributed by atoms with Gasteiger partial charge in [0, 0.05) is 35.5 Å². The number of phenols is 1. The number of fused-ring (bicyclic) bond motifs is 2. The summed E-state index contributed by atoms with van der Waals surface area (Å²) < 4.78 is 11.6. The molecular weight excluding hydrogens is 396 g/mol. The van der Waals surface area contributed by atoms with E-state index in [1.54, 1.807) is 31.4 Å². The summed E-state index contributed by atoms with van der Waals surface area (Å²) in [5.74, 6) is 0.490. The van der Waals surface area contributed by atoms with Crippen LogP contribution in [0.1, 0.15) is 29.2 Å². The number of piperidine rings is 1. The van der Waals surface area contributed by atoms with Gasteiger partial charge < -0.3 is 35.9 Å². The zero-order valence-electron chi connectivity index (χ0n) is 17.5. The number of methoxy groups -OCH3 is 1. The highest BCUT2D eigenvalue weighted by atomic mass is 16.5. The van der Waals surface area contributed by atoms with Gasteiger partial charge in [-0.15, -0.1) is 0 Å². The van der Waals surface area contributed by atoms with E-state index in [2.05, 4.69) is 11.6 Å². The first-order valence-electron chi connectivity index (χ1n) is 10.2. The Morgan fingerprint density at radius 2 is 2.16 bits per heavy atom. The Kier molecular flexibility index (Phi) is 5.75. The van der Waals surface area contributed by atoms with E-state index in [9.17, 15) is 9.90 Å². The maximum atomic E-state index is 12.5. The SMILES string of the molecule is C=CC(=O)N1C2COCC1C(OC)C(c1cc(/C=C(\N)c3ccccc3O)c(N)[nH]1)C2. The maximum absolute atomic E-state index is 12.5. The quantitative estimate of drug-likeness (QED) is 0.544. The molecule has 0 spiro atoms. The van der Waals surface area contributed by atoms with Gasteiger partial charge in [-0.2, -0.15) is 0 Å². The molecule has 2 saturated heterocycles. The topological polar surface area (TPSA) is 127 Å². The molecule has 1 aromatic carbocycles. The van der Waals surface area contributed by atoms with Crippen LogP contribution < -0.4 is 11.5 Å². The Labute approximate surface area is 181 Å². The number of para-hydroxylation sites is 1. The number of aromatic nitrogens is 1. The van der Waals surface area contributed by atoms with Crippen molar-refractivity contribution < 1.29 is 19.4 Å². The first-order chi connectivity index (χ1) is 14.9. The smallest absolute Gasteiger partial charge is 0.246 e. The second-order valence-corrected chi connectivity index (χ2v) is 7.96. The summed E-state index contributed by atoms with van der Waals surface area (Å²) in [6.45, 7) is 4.52. The molecule has 0 radical (unpaired) electrons. The molecule has 1 aromatic heterocycles. The summed E-state index contributed by atoms with van der Waals surface area (Å²) in [6.07, 6.45) is 3.50. The molecule has 1 amide bonds. The molecule has 6 N–H and O–H groups in total. The zero-order valence-corrected chi connectivity index (χ0v) is 17.5. The van der Waals surface area contributed by atoms with Gasteiger partial charge in [-0.1, -0.05) is 18.7 Å². The van der Waals surface area contributed by atoms with Crippen LogP contribution in [-0.2, 0) is 14.3 Å². The number of morpholine rings is 1. The number of amides is 1. The molecular formula is C23H28N4O4. The lowest BCUT2D eigenvalue weighted by molar-refractivity contribution is -0.164. The van der Waals surface area contributed by atoms with Crippen molar-refractivity contribution in [2.45, 2.75) is 30.5 Å². The van der Waals surface area contributed by atoms with Gasteiger partial charge in [-0.3, -0.25) is 4.79 Å². The molecule has 2 bridgehead atoms. The summed E-state index contributed by atoms with van der Waals surface area (Å²) >= 11 is 0. The zero-order chi connectivity index (χ0) is 22.1. The van der Waals surface area contributed by atoms with Crippen LogP contribution in [-0.4, -0.2) is 59.4 Å². The van der Waals surface area contributed by atoms with Crippen LogP contribution in [0, 0.1) is 0 Å². The number of hydrogen-bond acceptors (Lipinski definition) is 6. The predicted molar refractivity (Wildman–Crippen MR) is 119 cm³/mol. The first kappa shape index (κ1) is 21.0. The fraction of sp³-hybridized carbons (Fsp3) is 0.348. The molecule has 4 rings (SSSR count). The second-order valence-electron chi connectivity index (χ2n) is 7.96. The average molecular weight is 425 g/mol. The highest BCUT2D eigenvalue weighted by Gasteiger charge is 2.48. The Bertz CT molecular complexity index is 1010. The standard InChI is InChI=1S/C23H28N4O4/c1-3-21(29)27-14-10-16(22(30-2)19(27)12-31-11-14)18-9-13(23(25)26-18)8-17(24)15-6-4-5-7-20(15)28/h3-9,14,16,19,22,26,28H,1,10-12,24-25H2,2H3/b17-8-. The number of carbonyl (C=O) groups is 1. The molecule has 2 fully saturated rings. The van der Waals surface area contributed by atoms with Crippen LogP contribution in [0.3, 0.4) is 0 Å². The second kappa shape index (κ2) is 8.49. The third kappa shape index (κ3) is 3.80. The average Bonchev–Trinajstić information content (AvgIpc) is 3.12. The number of rotatable bonds is 5. The number of ether oxygens (including phenoxy) is 2. The number of nitrogens with two attached hydrogens (primary N) is 2. The van der Waals surface area contributed by atoms with Crippen LogP contribution in [0.25, 0.3) is 11.8 Å². The third-order valence-corrected chi connectivity index (χ3v) is 6.18. The van der Waals surface area contributed by atoms with E-state index < -0.39 is 0 Å². The molecule has 164 valence electrons. The van der Waals surface area contributed by atoms with Crippen molar-refractivity contribution in [3.05, 3.63) is 59.8 Å². The molecule has 4 atom stereocenters. The monoisotopic (exact) mass is 424 g/mol. The van der Waals surface area contributed by atoms with Gasteiger partial charge in [0.2, 0.25) is 5.91 Å². The lowest BCUT2D eigenvalue weighted by Crippen LogP contribution is -2.64. The van der Waals surface area contributed by atoms with Crippen LogP contribution >= 0.6 is 0 Å². The van der Waals surface area contributed by atoms with E-state index in [4.69, 9.17) is 20.9 Å². The lowest BCUT2D eigenvalue weighted by atomic mass is 9.80. The summed E-state index contributed by atoms with van der Waals surface area (Å²) in [5, 5.41) is 10.1. The van der Waals surface area contributed by atoms with Crippen LogP contribution in [0.5, 0.6) is 5.75 Å². The highest BCUT2D eigenvalue weighted by Crippen LogP contribution is 2.40. The van der Waals surface area contributed by atoms with Gasteiger partial charge >= 0.3 is 0 Å². The van der Waals surface area contributed by atoms with Gasteiger partial charge in [0.1, 0.15) is 11.6 Å². The van der Waals surface area contributed by atoms with Crippen molar-refractivity contribution in [2.75, 3.05) is 26.1 Å². The van der Waals surface area contributed by atoms with E-state index in [1.807, 2.05) is 17.0 Å².